The minimum Gasteiger partial charge on any atom is -0.490 e. The van der Waals surface area contributed by atoms with Gasteiger partial charge in [-0.25, -0.2) is 9.79 Å². The van der Waals surface area contributed by atoms with Crippen LogP contribution in [0.5, 0.6) is 11.5 Å². The molecule has 2 aromatic rings. The van der Waals surface area contributed by atoms with Crippen LogP contribution in [-0.4, -0.2) is 60.5 Å². The Morgan fingerprint density at radius 3 is 2.64 bits per heavy atom. The molecular formula is C24H26N2O6S. The Bertz CT molecular complexity index is 1040. The zero-order valence-corrected chi connectivity index (χ0v) is 19.3. The van der Waals surface area contributed by atoms with Gasteiger partial charge in [-0.1, -0.05) is 24.3 Å². The molecule has 3 rings (SSSR count). The van der Waals surface area contributed by atoms with E-state index >= 15 is 0 Å². The van der Waals surface area contributed by atoms with E-state index in [0.717, 1.165) is 11.3 Å². The van der Waals surface area contributed by atoms with Gasteiger partial charge < -0.3 is 19.3 Å². The summed E-state index contributed by atoms with van der Waals surface area (Å²) >= 11 is 1.31. The maximum absolute atomic E-state index is 13.2. The first-order chi connectivity index (χ1) is 16.0. The number of carbonyl (C=O) groups excluding carboxylic acids is 1. The average Bonchev–Trinajstić information content (AvgIpc) is 3.08. The van der Waals surface area contributed by atoms with E-state index < -0.39 is 12.6 Å². The number of methoxy groups -OCH3 is 1. The molecule has 1 N–H and O–H groups in total. The minimum atomic E-state index is -1.07. The maximum Gasteiger partial charge on any atom is 0.341 e. The SMILES string of the molecule is CCOc1cc(/C=C2\SC(=Nc3ccccc3)N(CCCOC)C2=O)ccc1OCC(=O)O. The summed E-state index contributed by atoms with van der Waals surface area (Å²) < 4.78 is 16.0. The Kier molecular flexibility index (Phi) is 8.91. The second-order valence-corrected chi connectivity index (χ2v) is 7.97. The third kappa shape index (κ3) is 6.84. The van der Waals surface area contributed by atoms with Gasteiger partial charge in [-0.2, -0.15) is 0 Å². The van der Waals surface area contributed by atoms with Gasteiger partial charge in [-0.05, 0) is 61.0 Å². The summed E-state index contributed by atoms with van der Waals surface area (Å²) in [4.78, 5) is 30.8. The van der Waals surface area contributed by atoms with Crippen molar-refractivity contribution in [1.29, 1.82) is 0 Å². The van der Waals surface area contributed by atoms with Crippen LogP contribution < -0.4 is 9.47 Å². The molecule has 0 aliphatic carbocycles. The Morgan fingerprint density at radius 2 is 1.94 bits per heavy atom. The topological polar surface area (TPSA) is 97.7 Å². The van der Waals surface area contributed by atoms with Crippen LogP contribution in [0.3, 0.4) is 0 Å². The number of nitrogens with zero attached hydrogens (tertiary/aromatic N) is 2. The molecule has 2 aromatic carbocycles. The molecule has 0 spiro atoms. The van der Waals surface area contributed by atoms with E-state index in [1.807, 2.05) is 37.3 Å². The smallest absolute Gasteiger partial charge is 0.341 e. The van der Waals surface area contributed by atoms with Gasteiger partial charge in [0.2, 0.25) is 0 Å². The molecule has 0 bridgehead atoms. The van der Waals surface area contributed by atoms with E-state index in [2.05, 4.69) is 4.99 Å². The molecule has 8 nitrogen and oxygen atoms in total. The summed E-state index contributed by atoms with van der Waals surface area (Å²) in [6.07, 6.45) is 2.46. The fourth-order valence-electron chi connectivity index (χ4n) is 3.06. The molecular weight excluding hydrogens is 444 g/mol. The van der Waals surface area contributed by atoms with Crippen LogP contribution in [0, 0.1) is 0 Å². The van der Waals surface area contributed by atoms with Crippen LogP contribution in [0.4, 0.5) is 5.69 Å². The van der Waals surface area contributed by atoms with Gasteiger partial charge in [0.05, 0.1) is 17.2 Å². The van der Waals surface area contributed by atoms with Crippen molar-refractivity contribution < 1.29 is 28.9 Å². The molecule has 1 heterocycles. The normalized spacial score (nSPS) is 15.9. The van der Waals surface area contributed by atoms with Crippen molar-refractivity contribution in [2.24, 2.45) is 4.99 Å². The lowest BCUT2D eigenvalue weighted by atomic mass is 10.2. The quantitative estimate of drug-likeness (QED) is 0.388. The Morgan fingerprint density at radius 1 is 1.15 bits per heavy atom. The molecule has 0 atom stereocenters. The van der Waals surface area contributed by atoms with Crippen molar-refractivity contribution in [2.75, 3.05) is 33.5 Å². The van der Waals surface area contributed by atoms with E-state index in [9.17, 15) is 9.59 Å². The van der Waals surface area contributed by atoms with Crippen molar-refractivity contribution >= 4 is 40.6 Å². The summed E-state index contributed by atoms with van der Waals surface area (Å²) in [6, 6.07) is 14.6. The molecule has 1 amide bonds. The molecule has 0 aromatic heterocycles. The summed E-state index contributed by atoms with van der Waals surface area (Å²) in [6.45, 7) is 2.78. The number of benzene rings is 2. The van der Waals surface area contributed by atoms with Gasteiger partial charge in [0.25, 0.3) is 5.91 Å². The highest BCUT2D eigenvalue weighted by molar-refractivity contribution is 8.18. The van der Waals surface area contributed by atoms with Crippen LogP contribution in [0.1, 0.15) is 18.9 Å². The second kappa shape index (κ2) is 12.1. The first kappa shape index (κ1) is 24.3. The molecule has 174 valence electrons. The number of carboxylic acids is 1. The Hall–Kier alpha value is -3.30. The van der Waals surface area contributed by atoms with E-state index in [4.69, 9.17) is 19.3 Å². The standard InChI is InChI=1S/C24H26N2O6S/c1-3-31-20-14-17(10-11-19(20)32-16-22(27)28)15-21-23(29)26(12-7-13-30-2)24(33-21)25-18-8-5-4-6-9-18/h4-6,8-11,14-15H,3,7,12-13,16H2,1-2H3,(H,27,28)/b21-15-,25-24?. The van der Waals surface area contributed by atoms with Crippen molar-refractivity contribution in [1.82, 2.24) is 4.90 Å². The lowest BCUT2D eigenvalue weighted by molar-refractivity contribution is -0.139. The van der Waals surface area contributed by atoms with Gasteiger partial charge in [-0.15, -0.1) is 0 Å². The first-order valence-corrected chi connectivity index (χ1v) is 11.3. The van der Waals surface area contributed by atoms with Gasteiger partial charge in [-0.3, -0.25) is 9.69 Å². The number of rotatable bonds is 11. The number of aliphatic carboxylic acids is 1. The van der Waals surface area contributed by atoms with Crippen LogP contribution in [0.15, 0.2) is 58.4 Å². The van der Waals surface area contributed by atoms with E-state index in [1.54, 1.807) is 36.3 Å². The fourth-order valence-corrected chi connectivity index (χ4v) is 4.09. The van der Waals surface area contributed by atoms with E-state index in [0.29, 0.717) is 47.8 Å². The number of carboxylic acid groups (broad SMARTS) is 1. The number of thioether (sulfide) groups is 1. The predicted molar refractivity (Wildman–Crippen MR) is 128 cm³/mol. The largest absolute Gasteiger partial charge is 0.490 e. The fraction of sp³-hybridized carbons (Fsp3) is 0.292. The third-order valence-corrected chi connectivity index (χ3v) is 5.52. The third-order valence-electron chi connectivity index (χ3n) is 4.52. The van der Waals surface area contributed by atoms with Crippen LogP contribution >= 0.6 is 11.8 Å². The molecule has 0 saturated carbocycles. The highest BCUT2D eigenvalue weighted by Crippen LogP contribution is 2.36. The summed E-state index contributed by atoms with van der Waals surface area (Å²) in [7, 11) is 1.63. The van der Waals surface area contributed by atoms with Gasteiger partial charge >= 0.3 is 5.97 Å². The zero-order valence-electron chi connectivity index (χ0n) is 18.5. The van der Waals surface area contributed by atoms with E-state index in [-0.39, 0.29) is 5.91 Å². The summed E-state index contributed by atoms with van der Waals surface area (Å²) in [5.74, 6) is -0.455. The maximum atomic E-state index is 13.2. The molecule has 1 aliphatic heterocycles. The number of para-hydroxylation sites is 1. The number of amidine groups is 1. The van der Waals surface area contributed by atoms with Crippen LogP contribution in [-0.2, 0) is 14.3 Å². The van der Waals surface area contributed by atoms with Crippen molar-refractivity contribution in [3.63, 3.8) is 0 Å². The lowest BCUT2D eigenvalue weighted by Gasteiger charge is -2.15. The average molecular weight is 471 g/mol. The number of carbonyl (C=O) groups is 2. The molecule has 1 fully saturated rings. The Balaban J connectivity index is 1.88. The molecule has 1 saturated heterocycles. The van der Waals surface area contributed by atoms with Crippen LogP contribution in [0.2, 0.25) is 0 Å². The second-order valence-electron chi connectivity index (χ2n) is 6.97. The Labute approximate surface area is 196 Å². The monoisotopic (exact) mass is 470 g/mol. The molecule has 9 heteroatoms. The highest BCUT2D eigenvalue weighted by atomic mass is 32.2. The van der Waals surface area contributed by atoms with Gasteiger partial charge in [0.15, 0.2) is 23.3 Å². The van der Waals surface area contributed by atoms with Crippen molar-refractivity contribution in [3.8, 4) is 11.5 Å². The van der Waals surface area contributed by atoms with Gasteiger partial charge in [0.1, 0.15) is 0 Å². The summed E-state index contributed by atoms with van der Waals surface area (Å²) in [5.41, 5.74) is 1.50. The first-order valence-electron chi connectivity index (χ1n) is 10.5. The number of amides is 1. The minimum absolute atomic E-state index is 0.130. The predicted octanol–water partition coefficient (Wildman–Crippen LogP) is 4.19. The van der Waals surface area contributed by atoms with Crippen LogP contribution in [0.25, 0.3) is 6.08 Å². The molecule has 1 aliphatic rings. The molecule has 0 unspecified atom stereocenters. The zero-order chi connectivity index (χ0) is 23.6. The highest BCUT2D eigenvalue weighted by Gasteiger charge is 2.33. The van der Waals surface area contributed by atoms with Crippen molar-refractivity contribution in [2.45, 2.75) is 13.3 Å². The number of ether oxygens (including phenoxy) is 3. The van der Waals surface area contributed by atoms with Crippen molar-refractivity contribution in [3.05, 3.63) is 59.0 Å². The summed E-state index contributed by atoms with van der Waals surface area (Å²) in [5, 5.41) is 9.47. The number of hydrogen-bond acceptors (Lipinski definition) is 7. The lowest BCUT2D eigenvalue weighted by Crippen LogP contribution is -2.30. The number of aliphatic imine (C=N–C) groups is 1. The number of hydrogen-bond donors (Lipinski definition) is 1. The van der Waals surface area contributed by atoms with E-state index in [1.165, 1.54) is 11.8 Å². The molecule has 0 radical (unpaired) electrons. The van der Waals surface area contributed by atoms with Gasteiger partial charge in [0, 0.05) is 20.3 Å². The molecule has 33 heavy (non-hydrogen) atoms.